The number of hydrogen-bond donors (Lipinski definition) is 1. The maximum absolute atomic E-state index is 5.43. The topological polar surface area (TPSA) is 54.2 Å². The Bertz CT molecular complexity index is 394. The molecule has 0 spiro atoms. The van der Waals surface area contributed by atoms with Crippen molar-refractivity contribution in [2.24, 2.45) is 5.92 Å². The van der Waals surface area contributed by atoms with E-state index < -0.39 is 0 Å². The van der Waals surface area contributed by atoms with E-state index in [1.54, 1.807) is 0 Å². The molecule has 0 amide bonds. The second-order valence-corrected chi connectivity index (χ2v) is 5.83. The Kier molecular flexibility index (Phi) is 4.01. The summed E-state index contributed by atoms with van der Waals surface area (Å²) in [6.45, 7) is 2.13. The Morgan fingerprint density at radius 1 is 1.26 bits per heavy atom. The molecule has 19 heavy (non-hydrogen) atoms. The summed E-state index contributed by atoms with van der Waals surface area (Å²) in [6, 6.07) is 0.498. The van der Waals surface area contributed by atoms with Gasteiger partial charge >= 0.3 is 0 Å². The standard InChI is InChI=1S/C14H24N4O/c1-15-12(11-6-7-11)10-13-16-14(17-19-13)18-8-4-2-3-5-9-18/h11-12,15H,2-10H2,1H3. The first-order chi connectivity index (χ1) is 9.36. The number of nitrogens with one attached hydrogen (secondary N) is 1. The molecule has 1 aliphatic heterocycles. The van der Waals surface area contributed by atoms with Crippen LogP contribution in [0.25, 0.3) is 0 Å². The third kappa shape index (κ3) is 3.26. The van der Waals surface area contributed by atoms with Crippen molar-refractivity contribution in [1.82, 2.24) is 15.5 Å². The lowest BCUT2D eigenvalue weighted by Crippen LogP contribution is -2.30. The fraction of sp³-hybridized carbons (Fsp3) is 0.857. The second kappa shape index (κ2) is 5.90. The van der Waals surface area contributed by atoms with Crippen molar-refractivity contribution in [3.63, 3.8) is 0 Å². The van der Waals surface area contributed by atoms with E-state index >= 15 is 0 Å². The summed E-state index contributed by atoms with van der Waals surface area (Å²) in [4.78, 5) is 6.85. The normalized spacial score (nSPS) is 22.3. The zero-order valence-electron chi connectivity index (χ0n) is 11.8. The highest BCUT2D eigenvalue weighted by Crippen LogP contribution is 2.33. The molecule has 1 N–H and O–H groups in total. The molecular formula is C14H24N4O. The lowest BCUT2D eigenvalue weighted by molar-refractivity contribution is 0.351. The second-order valence-electron chi connectivity index (χ2n) is 5.83. The minimum Gasteiger partial charge on any atom is -0.338 e. The Balaban J connectivity index is 1.61. The summed E-state index contributed by atoms with van der Waals surface area (Å²) in [6.07, 6.45) is 8.66. The van der Waals surface area contributed by atoms with Crippen LogP contribution in [0.2, 0.25) is 0 Å². The maximum atomic E-state index is 5.43. The fourth-order valence-corrected chi connectivity index (χ4v) is 2.92. The van der Waals surface area contributed by atoms with Gasteiger partial charge in [-0.1, -0.05) is 12.8 Å². The van der Waals surface area contributed by atoms with Crippen molar-refractivity contribution in [2.45, 2.75) is 51.0 Å². The minimum absolute atomic E-state index is 0.498. The van der Waals surface area contributed by atoms with Crippen molar-refractivity contribution in [1.29, 1.82) is 0 Å². The molecule has 1 atom stereocenters. The quantitative estimate of drug-likeness (QED) is 0.881. The molecule has 0 radical (unpaired) electrons. The zero-order chi connectivity index (χ0) is 13.1. The highest BCUT2D eigenvalue weighted by atomic mass is 16.5. The molecule has 106 valence electrons. The number of likely N-dealkylation sites (N-methyl/N-ethyl adjacent to an activating group) is 1. The van der Waals surface area contributed by atoms with Gasteiger partial charge in [-0.2, -0.15) is 4.98 Å². The number of aromatic nitrogens is 2. The molecule has 2 heterocycles. The van der Waals surface area contributed by atoms with Crippen LogP contribution in [-0.2, 0) is 6.42 Å². The van der Waals surface area contributed by atoms with Gasteiger partial charge in [0.1, 0.15) is 0 Å². The van der Waals surface area contributed by atoms with Crippen LogP contribution in [0.15, 0.2) is 4.52 Å². The third-order valence-electron chi connectivity index (χ3n) is 4.30. The summed E-state index contributed by atoms with van der Waals surface area (Å²) in [7, 11) is 2.02. The van der Waals surface area contributed by atoms with Crippen molar-refractivity contribution in [3.05, 3.63) is 5.89 Å². The van der Waals surface area contributed by atoms with Gasteiger partial charge in [0.2, 0.25) is 5.89 Å². The van der Waals surface area contributed by atoms with E-state index in [1.807, 2.05) is 7.05 Å². The van der Waals surface area contributed by atoms with E-state index in [-0.39, 0.29) is 0 Å². The lowest BCUT2D eigenvalue weighted by atomic mass is 10.1. The van der Waals surface area contributed by atoms with E-state index in [1.165, 1.54) is 38.5 Å². The molecule has 0 bridgehead atoms. The molecule has 1 unspecified atom stereocenters. The van der Waals surface area contributed by atoms with Crippen LogP contribution in [0.4, 0.5) is 5.95 Å². The van der Waals surface area contributed by atoms with Crippen LogP contribution in [0.3, 0.4) is 0 Å². The summed E-state index contributed by atoms with van der Waals surface area (Å²) in [5, 5.41) is 7.53. The van der Waals surface area contributed by atoms with E-state index in [9.17, 15) is 0 Å². The van der Waals surface area contributed by atoms with E-state index in [4.69, 9.17) is 4.52 Å². The van der Waals surface area contributed by atoms with E-state index in [2.05, 4.69) is 20.4 Å². The molecule has 1 aliphatic carbocycles. The number of hydrogen-bond acceptors (Lipinski definition) is 5. The first-order valence-electron chi connectivity index (χ1n) is 7.61. The van der Waals surface area contributed by atoms with Crippen LogP contribution in [-0.4, -0.2) is 36.3 Å². The fourth-order valence-electron chi connectivity index (χ4n) is 2.92. The largest absolute Gasteiger partial charge is 0.338 e. The highest BCUT2D eigenvalue weighted by molar-refractivity contribution is 5.27. The molecule has 3 rings (SSSR count). The summed E-state index contributed by atoms with van der Waals surface area (Å²) < 4.78 is 5.43. The average molecular weight is 264 g/mol. The monoisotopic (exact) mass is 264 g/mol. The van der Waals surface area contributed by atoms with Crippen molar-refractivity contribution >= 4 is 5.95 Å². The van der Waals surface area contributed by atoms with Gasteiger partial charge in [0.15, 0.2) is 0 Å². The number of rotatable bonds is 5. The molecule has 2 fully saturated rings. The van der Waals surface area contributed by atoms with Crippen LogP contribution >= 0.6 is 0 Å². The third-order valence-corrected chi connectivity index (χ3v) is 4.30. The molecule has 2 aliphatic rings. The predicted molar refractivity (Wildman–Crippen MR) is 74.3 cm³/mol. The van der Waals surface area contributed by atoms with Gasteiger partial charge in [0.25, 0.3) is 5.95 Å². The van der Waals surface area contributed by atoms with Crippen molar-refractivity contribution in [2.75, 3.05) is 25.0 Å². The van der Waals surface area contributed by atoms with Gasteiger partial charge in [-0.25, -0.2) is 0 Å². The van der Waals surface area contributed by atoms with Gasteiger partial charge in [0.05, 0.1) is 0 Å². The van der Waals surface area contributed by atoms with Crippen LogP contribution in [0, 0.1) is 5.92 Å². The average Bonchev–Trinajstić information content (AvgIpc) is 3.21. The lowest BCUT2D eigenvalue weighted by Gasteiger charge is -2.16. The minimum atomic E-state index is 0.498. The van der Waals surface area contributed by atoms with Gasteiger partial charge < -0.3 is 14.7 Å². The smallest absolute Gasteiger partial charge is 0.266 e. The maximum Gasteiger partial charge on any atom is 0.266 e. The van der Waals surface area contributed by atoms with Crippen molar-refractivity contribution in [3.8, 4) is 0 Å². The number of anilines is 1. The Morgan fingerprint density at radius 2 is 2.00 bits per heavy atom. The molecule has 0 aromatic carbocycles. The predicted octanol–water partition coefficient (Wildman–Crippen LogP) is 1.99. The molecular weight excluding hydrogens is 240 g/mol. The molecule has 1 aromatic heterocycles. The molecule has 1 saturated heterocycles. The van der Waals surface area contributed by atoms with Crippen LogP contribution < -0.4 is 10.2 Å². The van der Waals surface area contributed by atoms with Gasteiger partial charge in [0, 0.05) is 25.6 Å². The Labute approximate surface area is 114 Å². The highest BCUT2D eigenvalue weighted by Gasteiger charge is 2.31. The van der Waals surface area contributed by atoms with Gasteiger partial charge in [-0.05, 0) is 43.8 Å². The Morgan fingerprint density at radius 3 is 2.63 bits per heavy atom. The SMILES string of the molecule is CNC(Cc1nc(N2CCCCCC2)no1)C1CC1. The first kappa shape index (κ1) is 12.9. The van der Waals surface area contributed by atoms with Crippen LogP contribution in [0.1, 0.15) is 44.4 Å². The molecule has 1 aromatic rings. The summed E-state index contributed by atoms with van der Waals surface area (Å²) >= 11 is 0. The molecule has 5 heteroatoms. The van der Waals surface area contributed by atoms with Crippen LogP contribution in [0.5, 0.6) is 0 Å². The van der Waals surface area contributed by atoms with Gasteiger partial charge in [-0.15, -0.1) is 0 Å². The van der Waals surface area contributed by atoms with Gasteiger partial charge in [-0.3, -0.25) is 0 Å². The van der Waals surface area contributed by atoms with Crippen molar-refractivity contribution < 1.29 is 4.52 Å². The first-order valence-corrected chi connectivity index (χ1v) is 7.61. The summed E-state index contributed by atoms with van der Waals surface area (Å²) in [5.41, 5.74) is 0. The molecule has 5 nitrogen and oxygen atoms in total. The van der Waals surface area contributed by atoms with E-state index in [0.29, 0.717) is 6.04 Å². The Hall–Kier alpha value is -1.10. The zero-order valence-corrected chi connectivity index (χ0v) is 11.8. The summed E-state index contributed by atoms with van der Waals surface area (Å²) in [5.74, 6) is 2.38. The number of nitrogens with zero attached hydrogens (tertiary/aromatic N) is 3. The molecule has 1 saturated carbocycles. The van der Waals surface area contributed by atoms with E-state index in [0.717, 1.165) is 37.3 Å².